The summed E-state index contributed by atoms with van der Waals surface area (Å²) in [6.45, 7) is -0.232. The summed E-state index contributed by atoms with van der Waals surface area (Å²) in [7, 11) is 3.14. The molecule has 2 rings (SSSR count). The molecule has 1 saturated heterocycles. The molecule has 1 aliphatic heterocycles. The van der Waals surface area contributed by atoms with Crippen molar-refractivity contribution in [1.82, 2.24) is 15.2 Å². The molecule has 120 valence electrons. The molecule has 0 radical (unpaired) electrons. The quantitative estimate of drug-likeness (QED) is 0.506. The van der Waals surface area contributed by atoms with E-state index >= 15 is 0 Å². The predicted molar refractivity (Wildman–Crippen MR) is 76.4 cm³/mol. The lowest BCUT2D eigenvalue weighted by Crippen LogP contribution is -2.40. The third-order valence-electron chi connectivity index (χ3n) is 3.97. The van der Waals surface area contributed by atoms with Gasteiger partial charge in [0, 0.05) is 19.8 Å². The van der Waals surface area contributed by atoms with Gasteiger partial charge in [-0.1, -0.05) is 0 Å². The first-order valence-corrected chi connectivity index (χ1v) is 6.97. The molecule has 5 amide bonds. The second kappa shape index (κ2) is 6.12. The molecule has 22 heavy (non-hydrogen) atoms. The van der Waals surface area contributed by atoms with E-state index in [2.05, 4.69) is 10.5 Å². The van der Waals surface area contributed by atoms with Gasteiger partial charge >= 0.3 is 6.03 Å². The van der Waals surface area contributed by atoms with Gasteiger partial charge in [0.25, 0.3) is 0 Å². The number of nitrogens with zero attached hydrogens (tertiary/aromatic N) is 3. The van der Waals surface area contributed by atoms with Crippen LogP contribution in [0, 0.1) is 11.8 Å². The summed E-state index contributed by atoms with van der Waals surface area (Å²) >= 11 is 0. The van der Waals surface area contributed by atoms with E-state index in [4.69, 9.17) is 5.73 Å². The van der Waals surface area contributed by atoms with E-state index in [1.54, 1.807) is 14.1 Å². The summed E-state index contributed by atoms with van der Waals surface area (Å²) in [5.74, 6) is -1.87. The maximum absolute atomic E-state index is 12.4. The molecule has 9 heteroatoms. The topological polar surface area (TPSA) is 125 Å². The molecule has 0 bridgehead atoms. The van der Waals surface area contributed by atoms with Crippen molar-refractivity contribution in [1.29, 1.82) is 0 Å². The van der Waals surface area contributed by atoms with E-state index < -0.39 is 17.9 Å². The van der Waals surface area contributed by atoms with Crippen LogP contribution < -0.4 is 11.2 Å². The number of fused-ring (bicyclic) bond motifs is 1. The molecule has 0 aromatic rings. The van der Waals surface area contributed by atoms with Crippen LogP contribution in [0.5, 0.6) is 0 Å². The van der Waals surface area contributed by atoms with Crippen molar-refractivity contribution in [2.75, 3.05) is 20.6 Å². The van der Waals surface area contributed by atoms with Gasteiger partial charge in [-0.3, -0.25) is 19.3 Å². The van der Waals surface area contributed by atoms with Crippen molar-refractivity contribution < 1.29 is 19.2 Å². The van der Waals surface area contributed by atoms with Crippen molar-refractivity contribution in [3.05, 3.63) is 0 Å². The number of hydrogen-bond donors (Lipinski definition) is 2. The van der Waals surface area contributed by atoms with Gasteiger partial charge in [-0.05, 0) is 19.3 Å². The molecule has 1 saturated carbocycles. The zero-order valence-electron chi connectivity index (χ0n) is 12.5. The Morgan fingerprint density at radius 1 is 1.32 bits per heavy atom. The van der Waals surface area contributed by atoms with Gasteiger partial charge in [0.15, 0.2) is 0 Å². The van der Waals surface area contributed by atoms with Crippen molar-refractivity contribution >= 4 is 29.5 Å². The molecule has 1 aliphatic carbocycles. The molecule has 1 heterocycles. The van der Waals surface area contributed by atoms with Gasteiger partial charge < -0.3 is 10.6 Å². The minimum Gasteiger partial charge on any atom is -0.350 e. The number of primary amides is 1. The van der Waals surface area contributed by atoms with Gasteiger partial charge in [0.05, 0.1) is 11.8 Å². The smallest absolute Gasteiger partial charge is 0.332 e. The Morgan fingerprint density at radius 3 is 2.55 bits per heavy atom. The van der Waals surface area contributed by atoms with E-state index in [0.29, 0.717) is 25.0 Å². The second-order valence-corrected chi connectivity index (χ2v) is 5.66. The number of likely N-dealkylation sites (tertiary alicyclic amines) is 1. The number of nitrogens with one attached hydrogen (secondary N) is 1. The van der Waals surface area contributed by atoms with Crippen molar-refractivity contribution in [3.8, 4) is 0 Å². The van der Waals surface area contributed by atoms with Crippen LogP contribution in [-0.2, 0) is 14.4 Å². The summed E-state index contributed by atoms with van der Waals surface area (Å²) in [4.78, 5) is 49.4. The summed E-state index contributed by atoms with van der Waals surface area (Å²) < 4.78 is 0. The molecule has 2 fully saturated rings. The molecule has 3 N–H and O–H groups in total. The van der Waals surface area contributed by atoms with Crippen LogP contribution >= 0.6 is 0 Å². The molecule has 9 nitrogen and oxygen atoms in total. The molecule has 2 atom stereocenters. The highest BCUT2D eigenvalue weighted by Gasteiger charge is 2.49. The number of likely N-dealkylation sites (N-methyl/N-ethyl adjacent to an activating group) is 1. The first kappa shape index (κ1) is 15.9. The number of nitrogens with two attached hydrogens (primary N) is 1. The molecular weight excluding hydrogens is 290 g/mol. The number of carbonyl (C=O) groups is 4. The van der Waals surface area contributed by atoms with Crippen LogP contribution in [0.25, 0.3) is 0 Å². The average Bonchev–Trinajstić information content (AvgIpc) is 2.69. The summed E-state index contributed by atoms with van der Waals surface area (Å²) in [5.41, 5.74) is 7.70. The Labute approximate surface area is 127 Å². The minimum absolute atomic E-state index is 0.232. The van der Waals surface area contributed by atoms with Gasteiger partial charge in [0.1, 0.15) is 6.54 Å². The number of imide groups is 1. The van der Waals surface area contributed by atoms with Gasteiger partial charge in [0.2, 0.25) is 17.7 Å². The zero-order chi connectivity index (χ0) is 16.4. The third kappa shape index (κ3) is 3.07. The van der Waals surface area contributed by atoms with Crippen molar-refractivity contribution in [3.63, 3.8) is 0 Å². The fourth-order valence-electron chi connectivity index (χ4n) is 2.75. The lowest BCUT2D eigenvalue weighted by atomic mass is 9.80. The summed E-state index contributed by atoms with van der Waals surface area (Å²) in [5, 5.41) is 3.85. The van der Waals surface area contributed by atoms with Crippen molar-refractivity contribution in [2.45, 2.75) is 19.3 Å². The highest BCUT2D eigenvalue weighted by Crippen LogP contribution is 2.37. The highest BCUT2D eigenvalue weighted by molar-refractivity contribution is 6.09. The van der Waals surface area contributed by atoms with E-state index in [9.17, 15) is 19.2 Å². The zero-order valence-corrected chi connectivity index (χ0v) is 12.5. The monoisotopic (exact) mass is 309 g/mol. The fraction of sp³-hybridized carbons (Fsp3) is 0.615. The van der Waals surface area contributed by atoms with E-state index in [1.165, 1.54) is 4.90 Å². The Bertz CT molecular complexity index is 557. The number of amides is 5. The minimum atomic E-state index is -0.776. The first-order chi connectivity index (χ1) is 10.3. The average molecular weight is 309 g/mol. The summed E-state index contributed by atoms with van der Waals surface area (Å²) in [6.07, 6.45) is 1.28. The maximum Gasteiger partial charge on any atom is 0.332 e. The van der Waals surface area contributed by atoms with E-state index in [0.717, 1.165) is 4.90 Å². The van der Waals surface area contributed by atoms with Crippen LogP contribution in [0.1, 0.15) is 19.3 Å². The molecular formula is C13H19N5O4. The second-order valence-electron chi connectivity index (χ2n) is 5.66. The standard InChI is InChI=1S/C13H19N5O4/c1-17(2)10(19)6-18-11(20)8-4-3-7(15-16-13(14)22)5-9(8)12(18)21/h8-9H,3-6H2,1-2H3,(H3,14,16,22)/b15-7-/t8-,9+/m1/s1. The fourth-order valence-corrected chi connectivity index (χ4v) is 2.75. The number of hydrazone groups is 1. The summed E-state index contributed by atoms with van der Waals surface area (Å²) in [6, 6.07) is -0.776. The maximum atomic E-state index is 12.4. The van der Waals surface area contributed by atoms with Gasteiger partial charge in [-0.25, -0.2) is 10.2 Å². The molecule has 0 aromatic heterocycles. The molecule has 0 unspecified atom stereocenters. The highest BCUT2D eigenvalue weighted by atomic mass is 16.2. The molecule has 0 spiro atoms. The Hall–Kier alpha value is -2.45. The first-order valence-electron chi connectivity index (χ1n) is 6.97. The van der Waals surface area contributed by atoms with Crippen LogP contribution in [0.3, 0.4) is 0 Å². The van der Waals surface area contributed by atoms with Crippen molar-refractivity contribution in [2.24, 2.45) is 22.7 Å². The number of rotatable bonds is 3. The lowest BCUT2D eigenvalue weighted by molar-refractivity contribution is -0.145. The van der Waals surface area contributed by atoms with Gasteiger partial charge in [-0.15, -0.1) is 0 Å². The normalized spacial score (nSPS) is 26.1. The number of carbonyl (C=O) groups excluding carboxylic acids is 4. The van der Waals surface area contributed by atoms with Crippen LogP contribution in [0.15, 0.2) is 5.10 Å². The van der Waals surface area contributed by atoms with Crippen LogP contribution in [0.4, 0.5) is 4.79 Å². The molecule has 2 aliphatic rings. The number of urea groups is 1. The Balaban J connectivity index is 2.09. The molecule has 0 aromatic carbocycles. The third-order valence-corrected chi connectivity index (χ3v) is 3.97. The van der Waals surface area contributed by atoms with Gasteiger partial charge in [-0.2, -0.15) is 5.10 Å². The van der Waals surface area contributed by atoms with E-state index in [1.807, 2.05) is 0 Å². The SMILES string of the molecule is CN(C)C(=O)CN1C(=O)[C@H]2C/C(=N\NC(N)=O)CC[C@H]2C1=O. The Morgan fingerprint density at radius 2 is 1.95 bits per heavy atom. The largest absolute Gasteiger partial charge is 0.350 e. The van der Waals surface area contributed by atoms with Crippen LogP contribution in [-0.4, -0.2) is 59.9 Å². The Kier molecular flexibility index (Phi) is 4.43. The van der Waals surface area contributed by atoms with Crippen LogP contribution in [0.2, 0.25) is 0 Å². The van der Waals surface area contributed by atoms with E-state index in [-0.39, 0.29) is 24.3 Å². The number of hydrogen-bond acceptors (Lipinski definition) is 5. The lowest BCUT2D eigenvalue weighted by Gasteiger charge is -2.21. The predicted octanol–water partition coefficient (Wildman–Crippen LogP) is -1.12.